The van der Waals surface area contributed by atoms with Crippen molar-refractivity contribution in [3.05, 3.63) is 35.4 Å². The van der Waals surface area contributed by atoms with Crippen LogP contribution in [0.5, 0.6) is 0 Å². The molecule has 1 aromatic carbocycles. The second-order valence-corrected chi connectivity index (χ2v) is 7.86. The number of hydrogen-bond donors (Lipinski definition) is 1. The summed E-state index contributed by atoms with van der Waals surface area (Å²) in [7, 11) is -3.18. The van der Waals surface area contributed by atoms with E-state index in [2.05, 4.69) is 12.2 Å². The van der Waals surface area contributed by atoms with E-state index in [9.17, 15) is 8.42 Å². The zero-order valence-electron chi connectivity index (χ0n) is 13.4. The first-order chi connectivity index (χ1) is 10.0. The van der Waals surface area contributed by atoms with Gasteiger partial charge in [-0.25, -0.2) is 12.7 Å². The maximum Gasteiger partial charge on any atom is 0.218 e. The summed E-state index contributed by atoms with van der Waals surface area (Å²) in [6.45, 7) is 7.38. The van der Waals surface area contributed by atoms with Crippen LogP contribution in [0.3, 0.4) is 0 Å². The van der Waals surface area contributed by atoms with E-state index in [4.69, 9.17) is 0 Å². The lowest BCUT2D eigenvalue weighted by atomic mass is 9.98. The normalized spacial score (nSPS) is 17.2. The second-order valence-electron chi connectivity index (χ2n) is 5.90. The van der Waals surface area contributed by atoms with Crippen LogP contribution in [0.2, 0.25) is 0 Å². The van der Waals surface area contributed by atoms with Crippen molar-refractivity contribution in [2.75, 3.05) is 26.2 Å². The molecule has 0 aliphatic carbocycles. The third kappa shape index (κ3) is 5.54. The Morgan fingerprint density at radius 1 is 1.27 bits per heavy atom. The molecule has 0 spiro atoms. The lowest BCUT2D eigenvalue weighted by molar-refractivity contribution is 0.268. The molecule has 4 nitrogen and oxygen atoms in total. The zero-order valence-corrected chi connectivity index (χ0v) is 15.0. The monoisotopic (exact) mass is 346 g/mol. The molecule has 0 saturated carbocycles. The largest absolute Gasteiger partial charge is 0.317 e. The second kappa shape index (κ2) is 8.87. The molecule has 6 heteroatoms. The maximum atomic E-state index is 12.5. The summed E-state index contributed by atoms with van der Waals surface area (Å²) < 4.78 is 26.7. The van der Waals surface area contributed by atoms with E-state index in [1.807, 2.05) is 31.2 Å². The molecule has 1 aliphatic heterocycles. The van der Waals surface area contributed by atoms with Crippen molar-refractivity contribution in [2.24, 2.45) is 5.92 Å². The van der Waals surface area contributed by atoms with Crippen LogP contribution in [-0.4, -0.2) is 38.9 Å². The van der Waals surface area contributed by atoms with E-state index in [0.29, 0.717) is 19.0 Å². The first-order valence-electron chi connectivity index (χ1n) is 7.75. The minimum absolute atomic E-state index is 0. The Morgan fingerprint density at radius 2 is 1.95 bits per heavy atom. The summed E-state index contributed by atoms with van der Waals surface area (Å²) >= 11 is 0. The van der Waals surface area contributed by atoms with Gasteiger partial charge in [0, 0.05) is 13.1 Å². The van der Waals surface area contributed by atoms with E-state index < -0.39 is 10.0 Å². The number of halogens is 1. The third-order valence-electron chi connectivity index (χ3n) is 4.08. The number of benzene rings is 1. The average Bonchev–Trinajstić information content (AvgIpc) is 2.45. The minimum Gasteiger partial charge on any atom is -0.317 e. The van der Waals surface area contributed by atoms with Gasteiger partial charge in [-0.3, -0.25) is 0 Å². The highest BCUT2D eigenvalue weighted by Gasteiger charge is 2.27. The van der Waals surface area contributed by atoms with E-state index in [1.165, 1.54) is 0 Å². The lowest BCUT2D eigenvalue weighted by Gasteiger charge is -2.31. The molecule has 1 aliphatic rings. The summed E-state index contributed by atoms with van der Waals surface area (Å²) in [4.78, 5) is 0. The SMILES string of the molecule is CCNCC1CCN(S(=O)(=O)Cc2cccc(C)c2)CC1.Cl. The van der Waals surface area contributed by atoms with E-state index >= 15 is 0 Å². The van der Waals surface area contributed by atoms with Gasteiger partial charge in [0.1, 0.15) is 0 Å². The Balaban J connectivity index is 0.00000242. The van der Waals surface area contributed by atoms with Crippen LogP contribution in [0.1, 0.15) is 30.9 Å². The predicted molar refractivity (Wildman–Crippen MR) is 93.9 cm³/mol. The molecule has 0 amide bonds. The minimum atomic E-state index is -3.18. The summed E-state index contributed by atoms with van der Waals surface area (Å²) in [5.41, 5.74) is 1.98. The van der Waals surface area contributed by atoms with Crippen molar-refractivity contribution in [3.8, 4) is 0 Å². The molecular formula is C16H27ClN2O2S. The molecule has 126 valence electrons. The maximum absolute atomic E-state index is 12.5. The van der Waals surface area contributed by atoms with Crippen LogP contribution in [0.4, 0.5) is 0 Å². The van der Waals surface area contributed by atoms with Gasteiger partial charge in [-0.1, -0.05) is 36.8 Å². The first-order valence-corrected chi connectivity index (χ1v) is 9.36. The van der Waals surface area contributed by atoms with Crippen molar-refractivity contribution >= 4 is 22.4 Å². The first kappa shape index (κ1) is 19.4. The number of hydrogen-bond acceptors (Lipinski definition) is 3. The van der Waals surface area contributed by atoms with Gasteiger partial charge < -0.3 is 5.32 Å². The fraction of sp³-hybridized carbons (Fsp3) is 0.625. The summed E-state index contributed by atoms with van der Waals surface area (Å²) in [5.74, 6) is 0.724. The lowest BCUT2D eigenvalue weighted by Crippen LogP contribution is -2.41. The molecule has 1 heterocycles. The predicted octanol–water partition coefficient (Wildman–Crippen LogP) is 2.57. The van der Waals surface area contributed by atoms with Crippen molar-refractivity contribution in [1.29, 1.82) is 0 Å². The smallest absolute Gasteiger partial charge is 0.218 e. The van der Waals surface area contributed by atoms with Crippen LogP contribution in [-0.2, 0) is 15.8 Å². The van der Waals surface area contributed by atoms with E-state index in [0.717, 1.165) is 37.1 Å². The van der Waals surface area contributed by atoms with Crippen molar-refractivity contribution in [3.63, 3.8) is 0 Å². The fourth-order valence-corrected chi connectivity index (χ4v) is 4.39. The Labute approximate surface area is 140 Å². The molecule has 0 aromatic heterocycles. The van der Waals surface area contributed by atoms with Gasteiger partial charge in [-0.2, -0.15) is 0 Å². The van der Waals surface area contributed by atoms with Crippen LogP contribution >= 0.6 is 12.4 Å². The molecule has 1 saturated heterocycles. The molecular weight excluding hydrogens is 320 g/mol. The molecule has 0 atom stereocenters. The van der Waals surface area contributed by atoms with Gasteiger partial charge in [-0.15, -0.1) is 12.4 Å². The Bertz CT molecular complexity index is 555. The highest BCUT2D eigenvalue weighted by atomic mass is 35.5. The van der Waals surface area contributed by atoms with Crippen LogP contribution in [0.15, 0.2) is 24.3 Å². The molecule has 0 bridgehead atoms. The summed E-state index contributed by atoms with van der Waals surface area (Å²) in [6.07, 6.45) is 1.92. The third-order valence-corrected chi connectivity index (χ3v) is 5.93. The molecule has 22 heavy (non-hydrogen) atoms. The van der Waals surface area contributed by atoms with Crippen molar-refractivity contribution in [2.45, 2.75) is 32.4 Å². The Hall–Kier alpha value is -0.620. The van der Waals surface area contributed by atoms with Crippen LogP contribution in [0.25, 0.3) is 0 Å². The number of nitrogens with zero attached hydrogens (tertiary/aromatic N) is 1. The van der Waals surface area contributed by atoms with Crippen LogP contribution in [0, 0.1) is 12.8 Å². The highest BCUT2D eigenvalue weighted by Crippen LogP contribution is 2.21. The molecule has 0 radical (unpaired) electrons. The van der Waals surface area contributed by atoms with Crippen LogP contribution < -0.4 is 5.32 Å². The number of nitrogens with one attached hydrogen (secondary N) is 1. The number of aryl methyl sites for hydroxylation is 1. The van der Waals surface area contributed by atoms with Gasteiger partial charge in [0.25, 0.3) is 0 Å². The molecule has 1 N–H and O–H groups in total. The quantitative estimate of drug-likeness (QED) is 0.861. The molecule has 1 aromatic rings. The van der Waals surface area contributed by atoms with Gasteiger partial charge in [0.15, 0.2) is 0 Å². The van der Waals surface area contributed by atoms with Crippen molar-refractivity contribution in [1.82, 2.24) is 9.62 Å². The van der Waals surface area contributed by atoms with Gasteiger partial charge in [-0.05, 0) is 44.3 Å². The number of piperidine rings is 1. The number of sulfonamides is 1. The molecule has 1 fully saturated rings. The fourth-order valence-electron chi connectivity index (χ4n) is 2.84. The zero-order chi connectivity index (χ0) is 15.3. The Kier molecular flexibility index (Phi) is 7.83. The van der Waals surface area contributed by atoms with E-state index in [-0.39, 0.29) is 18.2 Å². The van der Waals surface area contributed by atoms with Gasteiger partial charge in [0.2, 0.25) is 10.0 Å². The van der Waals surface area contributed by atoms with Crippen molar-refractivity contribution < 1.29 is 8.42 Å². The van der Waals surface area contributed by atoms with E-state index in [1.54, 1.807) is 4.31 Å². The Morgan fingerprint density at radius 3 is 2.55 bits per heavy atom. The highest BCUT2D eigenvalue weighted by molar-refractivity contribution is 7.88. The average molecular weight is 347 g/mol. The van der Waals surface area contributed by atoms with Gasteiger partial charge in [0.05, 0.1) is 5.75 Å². The standard InChI is InChI=1S/C16H26N2O2S.ClH/c1-3-17-12-15-7-9-18(10-8-15)21(19,20)13-16-6-4-5-14(2)11-16;/h4-6,11,15,17H,3,7-10,12-13H2,1-2H3;1H. The summed E-state index contributed by atoms with van der Waals surface area (Å²) in [6, 6.07) is 7.75. The topological polar surface area (TPSA) is 49.4 Å². The van der Waals surface area contributed by atoms with Gasteiger partial charge >= 0.3 is 0 Å². The molecule has 0 unspecified atom stereocenters. The molecule has 2 rings (SSSR count). The number of rotatable bonds is 6. The summed E-state index contributed by atoms with van der Waals surface area (Å²) in [5, 5.41) is 3.35.